The molecule has 0 aromatic carbocycles. The van der Waals surface area contributed by atoms with E-state index in [1.54, 1.807) is 18.1 Å². The van der Waals surface area contributed by atoms with Crippen molar-refractivity contribution in [2.75, 3.05) is 13.6 Å². The van der Waals surface area contributed by atoms with Gasteiger partial charge in [-0.05, 0) is 19.1 Å². The fourth-order valence-electron chi connectivity index (χ4n) is 1.17. The Kier molecular flexibility index (Phi) is 3.91. The Labute approximate surface area is 83.9 Å². The van der Waals surface area contributed by atoms with Crippen LogP contribution in [0.4, 0.5) is 4.79 Å². The van der Waals surface area contributed by atoms with Crippen molar-refractivity contribution in [3.63, 3.8) is 0 Å². The molecule has 0 fully saturated rings. The van der Waals surface area contributed by atoms with Crippen LogP contribution < -0.4 is 5.32 Å². The van der Waals surface area contributed by atoms with Crippen LogP contribution in [0.3, 0.4) is 0 Å². The third kappa shape index (κ3) is 2.73. The number of aromatic nitrogens is 1. The van der Waals surface area contributed by atoms with E-state index in [1.807, 2.05) is 25.1 Å². The first kappa shape index (κ1) is 10.5. The quantitative estimate of drug-likeness (QED) is 0.785. The largest absolute Gasteiger partial charge is 0.341 e. The summed E-state index contributed by atoms with van der Waals surface area (Å²) in [5.41, 5.74) is 0.901. The number of rotatable bonds is 3. The summed E-state index contributed by atoms with van der Waals surface area (Å²) in [6.07, 6.45) is 1.73. The maximum Gasteiger partial charge on any atom is 0.317 e. The molecule has 1 rings (SSSR count). The molecule has 1 N–H and O–H groups in total. The van der Waals surface area contributed by atoms with Gasteiger partial charge < -0.3 is 10.2 Å². The first-order valence-electron chi connectivity index (χ1n) is 4.64. The topological polar surface area (TPSA) is 45.2 Å². The van der Waals surface area contributed by atoms with Gasteiger partial charge in [-0.25, -0.2) is 4.79 Å². The summed E-state index contributed by atoms with van der Waals surface area (Å²) in [5.74, 6) is 0. The average Bonchev–Trinajstić information content (AvgIpc) is 2.26. The monoisotopic (exact) mass is 193 g/mol. The minimum atomic E-state index is -0.0712. The number of nitrogens with one attached hydrogen (secondary N) is 1. The van der Waals surface area contributed by atoms with Crippen LogP contribution in [0.25, 0.3) is 0 Å². The summed E-state index contributed by atoms with van der Waals surface area (Å²) in [6.45, 7) is 3.17. The van der Waals surface area contributed by atoms with Crippen LogP contribution in [0.2, 0.25) is 0 Å². The average molecular weight is 193 g/mol. The number of hydrogen-bond acceptors (Lipinski definition) is 2. The molecule has 0 aliphatic heterocycles. The number of carbonyl (C=O) groups is 1. The summed E-state index contributed by atoms with van der Waals surface area (Å²) in [4.78, 5) is 17.2. The molecule has 14 heavy (non-hydrogen) atoms. The van der Waals surface area contributed by atoms with Gasteiger partial charge >= 0.3 is 6.03 Å². The Morgan fingerprint density at radius 1 is 1.57 bits per heavy atom. The van der Waals surface area contributed by atoms with Crippen LogP contribution in [0, 0.1) is 0 Å². The molecule has 0 unspecified atom stereocenters. The number of amides is 2. The highest BCUT2D eigenvalue weighted by Gasteiger charge is 2.09. The Morgan fingerprint density at radius 3 is 2.86 bits per heavy atom. The minimum absolute atomic E-state index is 0.0712. The van der Waals surface area contributed by atoms with Gasteiger partial charge in [0, 0.05) is 19.8 Å². The van der Waals surface area contributed by atoms with E-state index in [0.29, 0.717) is 13.1 Å². The van der Waals surface area contributed by atoms with Crippen molar-refractivity contribution in [2.45, 2.75) is 13.5 Å². The molecule has 0 saturated heterocycles. The molecule has 0 atom stereocenters. The van der Waals surface area contributed by atoms with Crippen LogP contribution in [0.1, 0.15) is 12.6 Å². The van der Waals surface area contributed by atoms with Crippen LogP contribution in [0.15, 0.2) is 24.4 Å². The Bertz CT molecular complexity index is 287. The highest BCUT2D eigenvalue weighted by atomic mass is 16.2. The van der Waals surface area contributed by atoms with E-state index in [2.05, 4.69) is 10.3 Å². The van der Waals surface area contributed by atoms with Crippen molar-refractivity contribution in [1.29, 1.82) is 0 Å². The maximum atomic E-state index is 11.3. The zero-order chi connectivity index (χ0) is 10.4. The van der Waals surface area contributed by atoms with Crippen LogP contribution >= 0.6 is 0 Å². The second-order valence-electron chi connectivity index (χ2n) is 2.89. The van der Waals surface area contributed by atoms with Gasteiger partial charge in [-0.3, -0.25) is 4.98 Å². The lowest BCUT2D eigenvalue weighted by Crippen LogP contribution is -2.37. The molecular formula is C10H15N3O. The highest BCUT2D eigenvalue weighted by Crippen LogP contribution is 2.00. The van der Waals surface area contributed by atoms with Crippen molar-refractivity contribution < 1.29 is 4.79 Å². The zero-order valence-electron chi connectivity index (χ0n) is 8.53. The Hall–Kier alpha value is -1.58. The van der Waals surface area contributed by atoms with E-state index in [1.165, 1.54) is 0 Å². The number of nitrogens with zero attached hydrogens (tertiary/aromatic N) is 2. The maximum absolute atomic E-state index is 11.3. The van der Waals surface area contributed by atoms with E-state index < -0.39 is 0 Å². The molecule has 4 nitrogen and oxygen atoms in total. The third-order valence-corrected chi connectivity index (χ3v) is 1.96. The van der Waals surface area contributed by atoms with Gasteiger partial charge in [-0.1, -0.05) is 6.07 Å². The van der Waals surface area contributed by atoms with Crippen molar-refractivity contribution in [2.24, 2.45) is 0 Å². The molecule has 0 saturated carbocycles. The summed E-state index contributed by atoms with van der Waals surface area (Å²) >= 11 is 0. The normalized spacial score (nSPS) is 9.57. The lowest BCUT2D eigenvalue weighted by molar-refractivity contribution is 0.200. The molecule has 0 bridgehead atoms. The standard InChI is InChI=1S/C10H15N3O/c1-3-13(10(14)11-2)8-9-6-4-5-7-12-9/h4-7H,3,8H2,1-2H3,(H,11,14). The van der Waals surface area contributed by atoms with E-state index in [9.17, 15) is 4.79 Å². The molecule has 4 heteroatoms. The highest BCUT2D eigenvalue weighted by molar-refractivity contribution is 5.73. The van der Waals surface area contributed by atoms with Gasteiger partial charge in [0.1, 0.15) is 0 Å². The van der Waals surface area contributed by atoms with Crippen LogP contribution in [0.5, 0.6) is 0 Å². The summed E-state index contributed by atoms with van der Waals surface area (Å²) in [5, 5.41) is 2.60. The fraction of sp³-hybridized carbons (Fsp3) is 0.400. The fourth-order valence-corrected chi connectivity index (χ4v) is 1.17. The SMILES string of the molecule is CCN(Cc1ccccn1)C(=O)NC. The molecular weight excluding hydrogens is 178 g/mol. The number of pyridine rings is 1. The molecule has 0 aliphatic rings. The van der Waals surface area contributed by atoms with Crippen molar-refractivity contribution in [3.05, 3.63) is 30.1 Å². The van der Waals surface area contributed by atoms with E-state index in [0.717, 1.165) is 5.69 Å². The van der Waals surface area contributed by atoms with E-state index in [4.69, 9.17) is 0 Å². The molecule has 1 aromatic rings. The molecule has 1 heterocycles. The Morgan fingerprint density at radius 2 is 2.36 bits per heavy atom. The Balaban J connectivity index is 2.62. The van der Waals surface area contributed by atoms with Crippen LogP contribution in [-0.4, -0.2) is 29.5 Å². The zero-order valence-corrected chi connectivity index (χ0v) is 8.53. The number of carbonyl (C=O) groups excluding carboxylic acids is 1. The van der Waals surface area contributed by atoms with Crippen LogP contribution in [-0.2, 0) is 6.54 Å². The van der Waals surface area contributed by atoms with E-state index >= 15 is 0 Å². The van der Waals surface area contributed by atoms with Crippen molar-refractivity contribution in [3.8, 4) is 0 Å². The van der Waals surface area contributed by atoms with Gasteiger partial charge in [0.25, 0.3) is 0 Å². The second kappa shape index (κ2) is 5.21. The smallest absolute Gasteiger partial charge is 0.317 e. The molecule has 0 spiro atoms. The minimum Gasteiger partial charge on any atom is -0.341 e. The molecule has 1 aromatic heterocycles. The van der Waals surface area contributed by atoms with Gasteiger partial charge in [-0.15, -0.1) is 0 Å². The summed E-state index contributed by atoms with van der Waals surface area (Å²) in [7, 11) is 1.63. The van der Waals surface area contributed by atoms with Crippen molar-refractivity contribution in [1.82, 2.24) is 15.2 Å². The lowest BCUT2D eigenvalue weighted by Gasteiger charge is -2.19. The first-order chi connectivity index (χ1) is 6.77. The summed E-state index contributed by atoms with van der Waals surface area (Å²) in [6, 6.07) is 5.61. The van der Waals surface area contributed by atoms with E-state index in [-0.39, 0.29) is 6.03 Å². The number of hydrogen-bond donors (Lipinski definition) is 1. The van der Waals surface area contributed by atoms with Gasteiger partial charge in [0.05, 0.1) is 12.2 Å². The molecule has 0 aliphatic carbocycles. The first-order valence-corrected chi connectivity index (χ1v) is 4.64. The van der Waals surface area contributed by atoms with Gasteiger partial charge in [-0.2, -0.15) is 0 Å². The van der Waals surface area contributed by atoms with Gasteiger partial charge in [0.2, 0.25) is 0 Å². The van der Waals surface area contributed by atoms with Crippen molar-refractivity contribution >= 4 is 6.03 Å². The molecule has 76 valence electrons. The molecule has 2 amide bonds. The van der Waals surface area contributed by atoms with Gasteiger partial charge in [0.15, 0.2) is 0 Å². The molecule has 0 radical (unpaired) electrons. The predicted octanol–water partition coefficient (Wildman–Crippen LogP) is 1.24. The lowest BCUT2D eigenvalue weighted by atomic mass is 10.3. The third-order valence-electron chi connectivity index (χ3n) is 1.96. The second-order valence-corrected chi connectivity index (χ2v) is 2.89. The number of urea groups is 1. The predicted molar refractivity (Wildman–Crippen MR) is 54.8 cm³/mol. The summed E-state index contributed by atoms with van der Waals surface area (Å²) < 4.78 is 0.